The lowest BCUT2D eigenvalue weighted by Crippen LogP contribution is -2.34. The van der Waals surface area contributed by atoms with Gasteiger partial charge in [0.05, 0.1) is 0 Å². The molecule has 0 aliphatic heterocycles. The second-order valence-electron chi connectivity index (χ2n) is 4.45. The van der Waals surface area contributed by atoms with Gasteiger partial charge in [-0.3, -0.25) is 9.59 Å². The Morgan fingerprint density at radius 2 is 1.11 bits per heavy atom. The number of nitrogens with zero attached hydrogens (tertiary/aromatic N) is 2. The molecule has 0 aromatic carbocycles. The van der Waals surface area contributed by atoms with Crippen LogP contribution in [0.3, 0.4) is 0 Å². The molecule has 2 N–H and O–H groups in total. The van der Waals surface area contributed by atoms with Crippen molar-refractivity contribution in [2.24, 2.45) is 0 Å². The Labute approximate surface area is 110 Å². The molecule has 0 saturated carbocycles. The molecular weight excluding hydrogens is 232 g/mol. The molecule has 0 aliphatic rings. The standard InChI is InChI=1S/C12H26N4O2/c1-13-11(17)5-7-15(3)9-10-16(4)8-6-12(18)14-2/h5-10H2,1-4H3,(H,13,17)(H,14,18). The Balaban J connectivity index is 3.61. The molecule has 0 aliphatic carbocycles. The van der Waals surface area contributed by atoms with Crippen molar-refractivity contribution in [3.63, 3.8) is 0 Å². The van der Waals surface area contributed by atoms with Crippen molar-refractivity contribution in [2.75, 3.05) is 54.4 Å². The fraction of sp³-hybridized carbons (Fsp3) is 0.833. The fourth-order valence-corrected chi connectivity index (χ4v) is 1.40. The molecule has 6 heteroatoms. The zero-order chi connectivity index (χ0) is 14.0. The second kappa shape index (κ2) is 9.85. The maximum atomic E-state index is 11.1. The smallest absolute Gasteiger partial charge is 0.221 e. The van der Waals surface area contributed by atoms with E-state index in [2.05, 4.69) is 20.4 Å². The van der Waals surface area contributed by atoms with Crippen molar-refractivity contribution in [3.8, 4) is 0 Å². The maximum Gasteiger partial charge on any atom is 0.221 e. The van der Waals surface area contributed by atoms with Crippen LogP contribution in [0.5, 0.6) is 0 Å². The van der Waals surface area contributed by atoms with E-state index in [1.807, 2.05) is 14.1 Å². The highest BCUT2D eigenvalue weighted by Crippen LogP contribution is 1.91. The average molecular weight is 258 g/mol. The van der Waals surface area contributed by atoms with Gasteiger partial charge in [0.15, 0.2) is 0 Å². The monoisotopic (exact) mass is 258 g/mol. The van der Waals surface area contributed by atoms with Crippen LogP contribution in [0, 0.1) is 0 Å². The first-order valence-corrected chi connectivity index (χ1v) is 6.27. The van der Waals surface area contributed by atoms with Gasteiger partial charge in [0.2, 0.25) is 11.8 Å². The molecular formula is C12H26N4O2. The van der Waals surface area contributed by atoms with Crippen molar-refractivity contribution < 1.29 is 9.59 Å². The van der Waals surface area contributed by atoms with E-state index in [-0.39, 0.29) is 11.8 Å². The van der Waals surface area contributed by atoms with E-state index in [0.717, 1.165) is 26.2 Å². The molecule has 106 valence electrons. The van der Waals surface area contributed by atoms with E-state index in [1.54, 1.807) is 14.1 Å². The molecule has 0 unspecified atom stereocenters. The number of amides is 2. The lowest BCUT2D eigenvalue weighted by molar-refractivity contribution is -0.121. The van der Waals surface area contributed by atoms with E-state index in [1.165, 1.54) is 0 Å². The van der Waals surface area contributed by atoms with Gasteiger partial charge in [-0.05, 0) is 14.1 Å². The number of rotatable bonds is 9. The minimum Gasteiger partial charge on any atom is -0.359 e. The predicted molar refractivity (Wildman–Crippen MR) is 72.4 cm³/mol. The van der Waals surface area contributed by atoms with Crippen LogP contribution in [0.25, 0.3) is 0 Å². The van der Waals surface area contributed by atoms with E-state index >= 15 is 0 Å². The van der Waals surface area contributed by atoms with E-state index in [4.69, 9.17) is 0 Å². The molecule has 18 heavy (non-hydrogen) atoms. The predicted octanol–water partition coefficient (Wildman–Crippen LogP) is -0.878. The van der Waals surface area contributed by atoms with E-state index < -0.39 is 0 Å². The zero-order valence-corrected chi connectivity index (χ0v) is 12.0. The minimum atomic E-state index is 0.0646. The summed E-state index contributed by atoms with van der Waals surface area (Å²) >= 11 is 0. The highest BCUT2D eigenvalue weighted by atomic mass is 16.2. The average Bonchev–Trinajstić information content (AvgIpc) is 2.39. The molecule has 6 nitrogen and oxygen atoms in total. The van der Waals surface area contributed by atoms with Crippen LogP contribution >= 0.6 is 0 Å². The first-order chi connectivity index (χ1) is 8.49. The zero-order valence-electron chi connectivity index (χ0n) is 12.0. The number of hydrogen-bond donors (Lipinski definition) is 2. The van der Waals surface area contributed by atoms with Gasteiger partial charge in [0.25, 0.3) is 0 Å². The number of hydrogen-bond acceptors (Lipinski definition) is 4. The second-order valence-corrected chi connectivity index (χ2v) is 4.45. The quantitative estimate of drug-likeness (QED) is 0.564. The van der Waals surface area contributed by atoms with Crippen molar-refractivity contribution in [1.29, 1.82) is 0 Å². The first kappa shape index (κ1) is 16.9. The number of nitrogens with one attached hydrogen (secondary N) is 2. The summed E-state index contributed by atoms with van der Waals surface area (Å²) in [7, 11) is 7.29. The summed E-state index contributed by atoms with van der Waals surface area (Å²) in [5, 5.41) is 5.21. The Morgan fingerprint density at radius 3 is 1.39 bits per heavy atom. The lowest BCUT2D eigenvalue weighted by atomic mass is 10.3. The van der Waals surface area contributed by atoms with Crippen molar-refractivity contribution in [3.05, 3.63) is 0 Å². The molecule has 0 heterocycles. The molecule has 0 aromatic rings. The van der Waals surface area contributed by atoms with Crippen LogP contribution < -0.4 is 10.6 Å². The topological polar surface area (TPSA) is 64.7 Å². The third kappa shape index (κ3) is 8.95. The lowest BCUT2D eigenvalue weighted by Gasteiger charge is -2.21. The van der Waals surface area contributed by atoms with Crippen LogP contribution in [0.2, 0.25) is 0 Å². The molecule has 0 aromatic heterocycles. The summed E-state index contributed by atoms with van der Waals surface area (Å²) in [5.74, 6) is 0.129. The van der Waals surface area contributed by atoms with Gasteiger partial charge in [0.1, 0.15) is 0 Å². The summed E-state index contributed by atoms with van der Waals surface area (Å²) in [4.78, 5) is 26.4. The largest absolute Gasteiger partial charge is 0.359 e. The van der Waals surface area contributed by atoms with Gasteiger partial charge >= 0.3 is 0 Å². The molecule has 0 fully saturated rings. The van der Waals surface area contributed by atoms with Crippen molar-refractivity contribution >= 4 is 11.8 Å². The van der Waals surface area contributed by atoms with Crippen LogP contribution in [0.4, 0.5) is 0 Å². The molecule has 0 bridgehead atoms. The van der Waals surface area contributed by atoms with Crippen LogP contribution in [0.15, 0.2) is 0 Å². The normalized spacial score (nSPS) is 10.8. The number of carbonyl (C=O) groups excluding carboxylic acids is 2. The molecule has 0 atom stereocenters. The number of likely N-dealkylation sites (N-methyl/N-ethyl adjacent to an activating group) is 2. The maximum absolute atomic E-state index is 11.1. The summed E-state index contributed by atoms with van der Waals surface area (Å²) < 4.78 is 0. The Kier molecular flexibility index (Phi) is 9.22. The number of carbonyl (C=O) groups is 2. The van der Waals surface area contributed by atoms with E-state index in [9.17, 15) is 9.59 Å². The minimum absolute atomic E-state index is 0.0646. The van der Waals surface area contributed by atoms with Gasteiger partial charge < -0.3 is 20.4 Å². The Bertz CT molecular complexity index is 232. The van der Waals surface area contributed by atoms with E-state index in [0.29, 0.717) is 12.8 Å². The van der Waals surface area contributed by atoms with Crippen LogP contribution in [-0.4, -0.2) is 76.0 Å². The van der Waals surface area contributed by atoms with Gasteiger partial charge in [0, 0.05) is 53.1 Å². The summed E-state index contributed by atoms with van der Waals surface area (Å²) in [6.07, 6.45) is 1.05. The van der Waals surface area contributed by atoms with Gasteiger partial charge in [-0.25, -0.2) is 0 Å². The first-order valence-electron chi connectivity index (χ1n) is 6.27. The highest BCUT2D eigenvalue weighted by molar-refractivity contribution is 5.75. The van der Waals surface area contributed by atoms with Crippen LogP contribution in [-0.2, 0) is 9.59 Å². The molecule has 2 amide bonds. The van der Waals surface area contributed by atoms with Gasteiger partial charge in [-0.2, -0.15) is 0 Å². The third-order valence-corrected chi connectivity index (χ3v) is 2.86. The molecule has 0 saturated heterocycles. The van der Waals surface area contributed by atoms with Gasteiger partial charge in [-0.15, -0.1) is 0 Å². The Hall–Kier alpha value is -1.14. The third-order valence-electron chi connectivity index (χ3n) is 2.86. The van der Waals surface area contributed by atoms with Crippen molar-refractivity contribution in [1.82, 2.24) is 20.4 Å². The molecule has 0 rings (SSSR count). The van der Waals surface area contributed by atoms with Crippen molar-refractivity contribution in [2.45, 2.75) is 12.8 Å². The summed E-state index contributed by atoms with van der Waals surface area (Å²) in [5.41, 5.74) is 0. The fourth-order valence-electron chi connectivity index (χ4n) is 1.40. The Morgan fingerprint density at radius 1 is 0.778 bits per heavy atom. The SMILES string of the molecule is CNC(=O)CCN(C)CCN(C)CCC(=O)NC. The van der Waals surface area contributed by atoms with Crippen LogP contribution in [0.1, 0.15) is 12.8 Å². The summed E-state index contributed by atoms with van der Waals surface area (Å²) in [6.45, 7) is 3.29. The highest BCUT2D eigenvalue weighted by Gasteiger charge is 2.06. The molecule has 0 spiro atoms. The molecule has 0 radical (unpaired) electrons. The summed E-state index contributed by atoms with van der Waals surface area (Å²) in [6, 6.07) is 0. The van der Waals surface area contributed by atoms with Gasteiger partial charge in [-0.1, -0.05) is 0 Å².